The Kier molecular flexibility index (Phi) is 8.87. The van der Waals surface area contributed by atoms with E-state index in [-0.39, 0.29) is 5.41 Å². The van der Waals surface area contributed by atoms with Crippen molar-refractivity contribution in [2.45, 2.75) is 74.0 Å². The van der Waals surface area contributed by atoms with Crippen molar-refractivity contribution in [3.63, 3.8) is 0 Å². The van der Waals surface area contributed by atoms with Gasteiger partial charge in [-0.05, 0) is 138 Å². The molecule has 1 aliphatic carbocycles. The quantitative estimate of drug-likeness (QED) is 0.164. The van der Waals surface area contributed by atoms with Crippen LogP contribution < -0.4 is 10.2 Å². The van der Waals surface area contributed by atoms with E-state index in [2.05, 4.69) is 179 Å². The number of para-hydroxylation sites is 1. The molecule has 0 amide bonds. The molecule has 6 aromatic carbocycles. The highest BCUT2D eigenvalue weighted by atomic mass is 32.2. The Bertz CT molecular complexity index is 2520. The minimum absolute atomic E-state index is 0.0418. The van der Waals surface area contributed by atoms with Gasteiger partial charge in [0.2, 0.25) is 0 Å². The summed E-state index contributed by atoms with van der Waals surface area (Å²) in [6, 6.07) is 43.1. The van der Waals surface area contributed by atoms with Crippen molar-refractivity contribution in [3.8, 4) is 33.4 Å². The molecule has 4 heteroatoms. The molecule has 0 fully saturated rings. The first-order valence-electron chi connectivity index (χ1n) is 19.2. The number of thioether (sulfide) groups is 1. The second-order valence-electron chi connectivity index (χ2n) is 15.2. The van der Waals surface area contributed by atoms with Crippen LogP contribution in [0.1, 0.15) is 55.9 Å². The lowest BCUT2D eigenvalue weighted by Crippen LogP contribution is -2.36. The number of nitrogens with one attached hydrogen (secondary N) is 1. The smallest absolute Gasteiger partial charge is 0.0642 e. The lowest BCUT2D eigenvalue weighted by molar-refractivity contribution is 0.568. The third kappa shape index (κ3) is 5.65. The minimum Gasteiger partial charge on any atom is -0.355 e. The van der Waals surface area contributed by atoms with E-state index in [9.17, 15) is 0 Å². The summed E-state index contributed by atoms with van der Waals surface area (Å²) < 4.78 is 0. The van der Waals surface area contributed by atoms with Gasteiger partial charge in [0.15, 0.2) is 0 Å². The zero-order valence-corrected chi connectivity index (χ0v) is 33.6. The summed E-state index contributed by atoms with van der Waals surface area (Å²) in [6.45, 7) is 11.7. The maximum Gasteiger partial charge on any atom is 0.0642 e. The SMILES string of the molecule is CCc1ccccc1-c1ccc(-c2c(C)c(-c3ccccc3C)cc3c2Sc2cccc4c2N3C2=C(CCC=C2)C4(C)C)c(Nc2ccc(SC)cc2)c1. The van der Waals surface area contributed by atoms with Crippen LogP contribution in [0, 0.1) is 13.8 Å². The Balaban J connectivity index is 1.35. The Morgan fingerprint density at radius 2 is 1.57 bits per heavy atom. The van der Waals surface area contributed by atoms with E-state index >= 15 is 0 Å². The molecule has 1 N–H and O–H groups in total. The Hall–Kier alpha value is -4.90. The average Bonchev–Trinajstić information content (AvgIpc) is 3.20. The van der Waals surface area contributed by atoms with Crippen molar-refractivity contribution in [1.29, 1.82) is 0 Å². The molecule has 9 rings (SSSR count). The molecule has 268 valence electrons. The van der Waals surface area contributed by atoms with Gasteiger partial charge in [0.25, 0.3) is 0 Å². The predicted molar refractivity (Wildman–Crippen MR) is 234 cm³/mol. The number of hydrogen-bond acceptors (Lipinski definition) is 4. The minimum atomic E-state index is -0.0418. The molecule has 6 aromatic rings. The number of allylic oxidation sites excluding steroid dienone is 3. The van der Waals surface area contributed by atoms with Gasteiger partial charge in [-0.3, -0.25) is 0 Å². The van der Waals surface area contributed by atoms with Crippen molar-refractivity contribution >= 4 is 46.3 Å². The van der Waals surface area contributed by atoms with Gasteiger partial charge in [-0.15, -0.1) is 11.8 Å². The fraction of sp³-hybridized carbons (Fsp3) is 0.200. The maximum absolute atomic E-state index is 3.94. The van der Waals surface area contributed by atoms with E-state index in [4.69, 9.17) is 0 Å². The lowest BCUT2D eigenvalue weighted by Gasteiger charge is -2.47. The molecule has 0 atom stereocenters. The van der Waals surface area contributed by atoms with E-state index in [1.165, 1.54) is 93.0 Å². The highest BCUT2D eigenvalue weighted by Gasteiger charge is 2.43. The third-order valence-corrected chi connectivity index (χ3v) is 13.7. The van der Waals surface area contributed by atoms with Crippen molar-refractivity contribution in [3.05, 3.63) is 161 Å². The van der Waals surface area contributed by atoms with Gasteiger partial charge >= 0.3 is 0 Å². The molecule has 0 saturated heterocycles. The van der Waals surface area contributed by atoms with Gasteiger partial charge in [-0.25, -0.2) is 0 Å². The maximum atomic E-state index is 3.94. The van der Waals surface area contributed by atoms with Crippen LogP contribution in [-0.2, 0) is 11.8 Å². The summed E-state index contributed by atoms with van der Waals surface area (Å²) in [4.78, 5) is 6.50. The van der Waals surface area contributed by atoms with E-state index in [1.54, 1.807) is 11.8 Å². The van der Waals surface area contributed by atoms with Gasteiger partial charge in [-0.2, -0.15) is 0 Å². The van der Waals surface area contributed by atoms with Gasteiger partial charge < -0.3 is 10.2 Å². The van der Waals surface area contributed by atoms with Crippen molar-refractivity contribution in [2.75, 3.05) is 16.5 Å². The second kappa shape index (κ2) is 13.7. The van der Waals surface area contributed by atoms with Crippen LogP contribution in [0.4, 0.5) is 22.7 Å². The average molecular weight is 739 g/mol. The molecule has 2 aliphatic heterocycles. The van der Waals surface area contributed by atoms with Gasteiger partial charge in [0, 0.05) is 48.3 Å². The molecule has 0 saturated carbocycles. The Labute approximate surface area is 329 Å². The third-order valence-electron chi connectivity index (χ3n) is 11.8. The van der Waals surface area contributed by atoms with E-state index in [1.807, 2.05) is 11.8 Å². The molecule has 0 unspecified atom stereocenters. The number of fused-ring (bicyclic) bond motifs is 3. The Morgan fingerprint density at radius 1 is 0.796 bits per heavy atom. The first kappa shape index (κ1) is 34.8. The first-order chi connectivity index (χ1) is 26.3. The monoisotopic (exact) mass is 738 g/mol. The van der Waals surface area contributed by atoms with Crippen LogP contribution in [0.15, 0.2) is 153 Å². The topological polar surface area (TPSA) is 15.3 Å². The predicted octanol–water partition coefficient (Wildman–Crippen LogP) is 14.8. The highest BCUT2D eigenvalue weighted by Crippen LogP contribution is 2.62. The van der Waals surface area contributed by atoms with Crippen LogP contribution >= 0.6 is 23.5 Å². The number of benzene rings is 6. The van der Waals surface area contributed by atoms with Crippen molar-refractivity contribution in [1.82, 2.24) is 0 Å². The lowest BCUT2D eigenvalue weighted by atomic mass is 9.70. The summed E-state index contributed by atoms with van der Waals surface area (Å²) >= 11 is 3.71. The van der Waals surface area contributed by atoms with E-state index < -0.39 is 0 Å². The summed E-state index contributed by atoms with van der Waals surface area (Å²) in [5.74, 6) is 0. The summed E-state index contributed by atoms with van der Waals surface area (Å²) in [5.41, 5.74) is 20.6. The second-order valence-corrected chi connectivity index (χ2v) is 17.2. The zero-order valence-electron chi connectivity index (χ0n) is 32.0. The zero-order chi connectivity index (χ0) is 37.1. The van der Waals surface area contributed by atoms with Crippen molar-refractivity contribution in [2.24, 2.45) is 0 Å². The fourth-order valence-corrected chi connectivity index (χ4v) is 10.6. The summed E-state index contributed by atoms with van der Waals surface area (Å²) in [7, 11) is 0. The summed E-state index contributed by atoms with van der Waals surface area (Å²) in [6.07, 6.45) is 10.1. The van der Waals surface area contributed by atoms with Crippen molar-refractivity contribution < 1.29 is 0 Å². The highest BCUT2D eigenvalue weighted by molar-refractivity contribution is 8.00. The molecular weight excluding hydrogens is 693 g/mol. The van der Waals surface area contributed by atoms with Gasteiger partial charge in [0.05, 0.1) is 11.4 Å². The van der Waals surface area contributed by atoms with Crippen LogP contribution in [0.25, 0.3) is 33.4 Å². The van der Waals surface area contributed by atoms with Crippen LogP contribution in [0.5, 0.6) is 0 Å². The first-order valence-corrected chi connectivity index (χ1v) is 21.2. The van der Waals surface area contributed by atoms with Crippen LogP contribution in [-0.4, -0.2) is 6.26 Å². The molecule has 2 heterocycles. The number of aryl methyl sites for hydroxylation is 2. The van der Waals surface area contributed by atoms with Gasteiger partial charge in [0.1, 0.15) is 0 Å². The molecule has 3 aliphatic rings. The van der Waals surface area contributed by atoms with Crippen LogP contribution in [0.3, 0.4) is 0 Å². The Morgan fingerprint density at radius 3 is 2.35 bits per heavy atom. The number of nitrogens with zero attached hydrogens (tertiary/aromatic N) is 1. The van der Waals surface area contributed by atoms with Gasteiger partial charge in [-0.1, -0.05) is 111 Å². The standard InChI is InChI=1S/C50H46N2S2/c1-7-33-16-9-11-18-38(33)34-23-28-39(43(29-34)51-35-24-26-36(53-6)27-25-35)47-32(3)40(37-17-10-8-15-31(37)2)30-45-49(47)54-46-22-14-20-42-48(46)52(45)44-21-13-12-19-41(44)50(42,4)5/h8-11,13-18,20-30,51H,7,12,19H2,1-6H3. The molecule has 0 aromatic heterocycles. The summed E-state index contributed by atoms with van der Waals surface area (Å²) in [5, 5.41) is 3.94. The molecule has 0 bridgehead atoms. The largest absolute Gasteiger partial charge is 0.355 e. The molecule has 0 spiro atoms. The van der Waals surface area contributed by atoms with Crippen LogP contribution in [0.2, 0.25) is 0 Å². The fourth-order valence-electron chi connectivity index (χ4n) is 8.94. The number of hydrogen-bond donors (Lipinski definition) is 1. The number of anilines is 4. The normalized spacial score (nSPS) is 15.1. The van der Waals surface area contributed by atoms with E-state index in [0.717, 1.165) is 30.6 Å². The molecule has 0 radical (unpaired) electrons. The molecular formula is C50H46N2S2. The van der Waals surface area contributed by atoms with E-state index in [0.29, 0.717) is 0 Å². The molecule has 54 heavy (non-hydrogen) atoms. The number of rotatable bonds is 7. The molecule has 2 nitrogen and oxygen atoms in total.